The van der Waals surface area contributed by atoms with E-state index >= 15 is 0 Å². The molecule has 1 aromatic rings. The summed E-state index contributed by atoms with van der Waals surface area (Å²) < 4.78 is 0. The highest BCUT2D eigenvalue weighted by Gasteiger charge is 2.37. The summed E-state index contributed by atoms with van der Waals surface area (Å²) in [6.07, 6.45) is 4.90. The van der Waals surface area contributed by atoms with Gasteiger partial charge in [0.25, 0.3) is 0 Å². The van der Waals surface area contributed by atoms with E-state index in [1.807, 2.05) is 11.3 Å². The van der Waals surface area contributed by atoms with E-state index in [1.54, 1.807) is 0 Å². The summed E-state index contributed by atoms with van der Waals surface area (Å²) in [5.41, 5.74) is 6.64. The maximum atomic E-state index is 6.59. The third kappa shape index (κ3) is 2.43. The Morgan fingerprint density at radius 1 is 1.47 bits per heavy atom. The molecule has 0 radical (unpaired) electrons. The predicted octanol–water partition coefficient (Wildman–Crippen LogP) is 3.44. The smallest absolute Gasteiger partial charge is 0.0231 e. The van der Waals surface area contributed by atoms with Gasteiger partial charge in [-0.3, -0.25) is 0 Å². The summed E-state index contributed by atoms with van der Waals surface area (Å²) in [6.45, 7) is 4.65. The summed E-state index contributed by atoms with van der Waals surface area (Å²) >= 11 is 1.84. The van der Waals surface area contributed by atoms with Gasteiger partial charge in [-0.25, -0.2) is 0 Å². The third-order valence-electron chi connectivity index (χ3n) is 3.89. The van der Waals surface area contributed by atoms with Gasteiger partial charge in [-0.2, -0.15) is 0 Å². The molecule has 3 unspecified atom stereocenters. The molecule has 1 heterocycles. The van der Waals surface area contributed by atoms with E-state index in [0.717, 1.165) is 12.3 Å². The molecule has 0 bridgehead atoms. The van der Waals surface area contributed by atoms with Crippen molar-refractivity contribution in [2.75, 3.05) is 0 Å². The molecule has 2 N–H and O–H groups in total. The van der Waals surface area contributed by atoms with Crippen molar-refractivity contribution in [2.45, 2.75) is 45.1 Å². The van der Waals surface area contributed by atoms with Crippen LogP contribution in [0.1, 0.15) is 38.0 Å². The Balaban J connectivity index is 2.09. The van der Waals surface area contributed by atoms with Gasteiger partial charge in [0.1, 0.15) is 0 Å². The summed E-state index contributed by atoms with van der Waals surface area (Å²) in [5, 5.41) is 2.15. The Morgan fingerprint density at radius 2 is 2.27 bits per heavy atom. The van der Waals surface area contributed by atoms with Crippen LogP contribution < -0.4 is 5.73 Å². The van der Waals surface area contributed by atoms with Crippen LogP contribution in [-0.2, 0) is 6.42 Å². The molecule has 1 fully saturated rings. The van der Waals surface area contributed by atoms with Crippen LogP contribution in [0.4, 0.5) is 0 Å². The molecule has 2 rings (SSSR count). The van der Waals surface area contributed by atoms with Crippen molar-refractivity contribution in [2.24, 2.45) is 17.6 Å². The predicted molar refractivity (Wildman–Crippen MR) is 67.1 cm³/mol. The second-order valence-electron chi connectivity index (χ2n) is 5.28. The number of thiophene rings is 1. The average molecular weight is 223 g/mol. The molecule has 0 aliphatic heterocycles. The Morgan fingerprint density at radius 3 is 2.93 bits per heavy atom. The molecule has 15 heavy (non-hydrogen) atoms. The van der Waals surface area contributed by atoms with E-state index in [9.17, 15) is 0 Å². The Hall–Kier alpha value is -0.340. The summed E-state index contributed by atoms with van der Waals surface area (Å²) in [7, 11) is 0. The van der Waals surface area contributed by atoms with Crippen LogP contribution in [0.3, 0.4) is 0 Å². The van der Waals surface area contributed by atoms with Crippen molar-refractivity contribution in [1.29, 1.82) is 0 Å². The second-order valence-corrected chi connectivity index (χ2v) is 6.31. The molecule has 0 spiro atoms. The third-order valence-corrected chi connectivity index (χ3v) is 4.76. The van der Waals surface area contributed by atoms with Gasteiger partial charge in [-0.05, 0) is 36.1 Å². The van der Waals surface area contributed by atoms with Crippen molar-refractivity contribution in [1.82, 2.24) is 0 Å². The number of nitrogens with two attached hydrogens (primary N) is 1. The number of hydrogen-bond donors (Lipinski definition) is 1. The van der Waals surface area contributed by atoms with Crippen LogP contribution in [0.25, 0.3) is 0 Å². The fourth-order valence-corrected chi connectivity index (χ4v) is 3.60. The van der Waals surface area contributed by atoms with Crippen molar-refractivity contribution < 1.29 is 0 Å². The minimum absolute atomic E-state index is 0.0442. The maximum Gasteiger partial charge on any atom is 0.0231 e. The van der Waals surface area contributed by atoms with E-state index in [2.05, 4.69) is 31.4 Å². The second kappa shape index (κ2) is 4.26. The van der Waals surface area contributed by atoms with Gasteiger partial charge in [0.2, 0.25) is 0 Å². The Kier molecular flexibility index (Phi) is 3.17. The fourth-order valence-electron chi connectivity index (χ4n) is 2.76. The van der Waals surface area contributed by atoms with Crippen molar-refractivity contribution in [3.8, 4) is 0 Å². The summed E-state index contributed by atoms with van der Waals surface area (Å²) in [5.74, 6) is 1.46. The SMILES string of the molecule is CC1CCC(C)C(N)(Cc2cccs2)C1. The molecule has 84 valence electrons. The molecule has 3 atom stereocenters. The van der Waals surface area contributed by atoms with E-state index < -0.39 is 0 Å². The zero-order valence-electron chi connectivity index (χ0n) is 9.70. The lowest BCUT2D eigenvalue weighted by molar-refractivity contribution is 0.162. The van der Waals surface area contributed by atoms with Crippen LogP contribution in [0.2, 0.25) is 0 Å². The first-order valence-electron chi connectivity index (χ1n) is 5.91. The van der Waals surface area contributed by atoms with E-state index in [0.29, 0.717) is 5.92 Å². The van der Waals surface area contributed by atoms with Crippen LogP contribution in [0, 0.1) is 11.8 Å². The van der Waals surface area contributed by atoms with Crippen LogP contribution >= 0.6 is 11.3 Å². The number of hydrogen-bond acceptors (Lipinski definition) is 2. The van der Waals surface area contributed by atoms with Crippen molar-refractivity contribution in [3.05, 3.63) is 22.4 Å². The normalized spacial score (nSPS) is 36.7. The van der Waals surface area contributed by atoms with Gasteiger partial charge < -0.3 is 5.73 Å². The molecule has 1 saturated carbocycles. The van der Waals surface area contributed by atoms with E-state index in [1.165, 1.54) is 24.1 Å². The lowest BCUT2D eigenvalue weighted by Gasteiger charge is -2.42. The minimum Gasteiger partial charge on any atom is -0.325 e. The first kappa shape index (κ1) is 11.2. The standard InChI is InChI=1S/C13H21NS/c1-10-5-6-11(2)13(14,8-10)9-12-4-3-7-15-12/h3-4,7,10-11H,5-6,8-9,14H2,1-2H3. The lowest BCUT2D eigenvalue weighted by Crippen LogP contribution is -2.51. The minimum atomic E-state index is 0.0442. The zero-order chi connectivity index (χ0) is 10.9. The van der Waals surface area contributed by atoms with E-state index in [-0.39, 0.29) is 5.54 Å². The fraction of sp³-hybridized carbons (Fsp3) is 0.692. The van der Waals surface area contributed by atoms with Gasteiger partial charge in [0.15, 0.2) is 0 Å². The summed E-state index contributed by atoms with van der Waals surface area (Å²) in [4.78, 5) is 1.44. The molecule has 1 aliphatic rings. The first-order valence-corrected chi connectivity index (χ1v) is 6.79. The Bertz CT molecular complexity index is 306. The van der Waals surface area contributed by atoms with Gasteiger partial charge in [-0.15, -0.1) is 11.3 Å². The summed E-state index contributed by atoms with van der Waals surface area (Å²) in [6, 6.07) is 4.34. The number of rotatable bonds is 2. The molecular formula is C13H21NS. The molecule has 1 nitrogen and oxygen atoms in total. The van der Waals surface area contributed by atoms with Gasteiger partial charge >= 0.3 is 0 Å². The monoisotopic (exact) mass is 223 g/mol. The van der Waals surface area contributed by atoms with Crippen LogP contribution in [0.15, 0.2) is 17.5 Å². The molecule has 1 aromatic heterocycles. The topological polar surface area (TPSA) is 26.0 Å². The highest BCUT2D eigenvalue weighted by molar-refractivity contribution is 7.09. The quantitative estimate of drug-likeness (QED) is 0.816. The van der Waals surface area contributed by atoms with Crippen molar-refractivity contribution in [3.63, 3.8) is 0 Å². The van der Waals surface area contributed by atoms with Gasteiger partial charge in [-0.1, -0.05) is 26.3 Å². The first-order chi connectivity index (χ1) is 7.10. The molecular weight excluding hydrogens is 202 g/mol. The average Bonchev–Trinajstić information content (AvgIpc) is 2.64. The molecule has 0 saturated heterocycles. The molecule has 0 amide bonds. The van der Waals surface area contributed by atoms with Crippen LogP contribution in [-0.4, -0.2) is 5.54 Å². The van der Waals surface area contributed by atoms with Gasteiger partial charge in [0.05, 0.1) is 0 Å². The molecule has 1 aliphatic carbocycles. The Labute approximate surface area is 96.7 Å². The molecule has 2 heteroatoms. The van der Waals surface area contributed by atoms with Crippen molar-refractivity contribution >= 4 is 11.3 Å². The van der Waals surface area contributed by atoms with Gasteiger partial charge in [0, 0.05) is 16.8 Å². The highest BCUT2D eigenvalue weighted by atomic mass is 32.1. The van der Waals surface area contributed by atoms with E-state index in [4.69, 9.17) is 5.73 Å². The maximum absolute atomic E-state index is 6.59. The largest absolute Gasteiger partial charge is 0.325 e. The highest BCUT2D eigenvalue weighted by Crippen LogP contribution is 2.37. The lowest BCUT2D eigenvalue weighted by atomic mass is 9.68. The molecule has 0 aromatic carbocycles. The van der Waals surface area contributed by atoms with Crippen LogP contribution in [0.5, 0.6) is 0 Å². The zero-order valence-corrected chi connectivity index (χ0v) is 10.5.